The Morgan fingerprint density at radius 1 is 0.964 bits per heavy atom. The molecule has 148 valence electrons. The number of nitrogens with zero attached hydrogens (tertiary/aromatic N) is 3. The van der Waals surface area contributed by atoms with Crippen molar-refractivity contribution in [3.63, 3.8) is 0 Å². The number of rotatable bonds is 3. The third-order valence-electron chi connectivity index (χ3n) is 4.56. The van der Waals surface area contributed by atoms with Crippen LogP contribution in [-0.4, -0.2) is 34.6 Å². The highest BCUT2D eigenvalue weighted by Crippen LogP contribution is 2.38. The van der Waals surface area contributed by atoms with E-state index in [0.29, 0.717) is 18.8 Å². The summed E-state index contributed by atoms with van der Waals surface area (Å²) in [5.41, 5.74) is -0.479. The van der Waals surface area contributed by atoms with Crippen molar-refractivity contribution in [2.75, 3.05) is 36.0 Å². The molecule has 2 aromatic carbocycles. The summed E-state index contributed by atoms with van der Waals surface area (Å²) in [5, 5.41) is 14.1. The van der Waals surface area contributed by atoms with Gasteiger partial charge in [-0.05, 0) is 30.3 Å². The van der Waals surface area contributed by atoms with Gasteiger partial charge in [-0.1, -0.05) is 12.1 Å². The minimum atomic E-state index is -4.58. The molecule has 2 N–H and O–H groups in total. The maximum Gasteiger partial charge on any atom is 0.418 e. The molecule has 0 unspecified atom stereocenters. The highest BCUT2D eigenvalue weighted by atomic mass is 32.2. The fourth-order valence-corrected chi connectivity index (χ4v) is 4.01. The molecule has 1 saturated heterocycles. The molecule has 1 aliphatic heterocycles. The minimum absolute atomic E-state index is 0.00545. The number of para-hydroxylation sites is 1. The largest absolute Gasteiger partial charge is 0.418 e. The van der Waals surface area contributed by atoms with Gasteiger partial charge in [0.25, 0.3) is 0 Å². The van der Waals surface area contributed by atoms with Crippen LogP contribution in [0, 0.1) is 11.3 Å². The fraction of sp³-hybridized carbons (Fsp3) is 0.278. The van der Waals surface area contributed by atoms with Crippen LogP contribution >= 0.6 is 0 Å². The molecular weight excluding hydrogens is 393 g/mol. The van der Waals surface area contributed by atoms with Crippen LogP contribution in [0.15, 0.2) is 47.4 Å². The molecule has 10 heteroatoms. The molecule has 0 aliphatic carbocycles. The molecule has 6 nitrogen and oxygen atoms in total. The van der Waals surface area contributed by atoms with E-state index < -0.39 is 21.8 Å². The normalized spacial score (nSPS) is 15.4. The zero-order chi connectivity index (χ0) is 20.5. The molecule has 0 amide bonds. The maximum absolute atomic E-state index is 13.4. The average molecular weight is 410 g/mol. The molecule has 0 bridgehead atoms. The summed E-state index contributed by atoms with van der Waals surface area (Å²) >= 11 is 0. The van der Waals surface area contributed by atoms with Gasteiger partial charge in [0, 0.05) is 31.9 Å². The van der Waals surface area contributed by atoms with Crippen molar-refractivity contribution < 1.29 is 21.6 Å². The number of nitrogens with two attached hydrogens (primary N) is 1. The Balaban J connectivity index is 1.86. The summed E-state index contributed by atoms with van der Waals surface area (Å²) in [5.74, 6) is 0. The zero-order valence-corrected chi connectivity index (χ0v) is 15.5. The molecule has 0 atom stereocenters. The quantitative estimate of drug-likeness (QED) is 0.840. The number of piperazine rings is 1. The van der Waals surface area contributed by atoms with Crippen LogP contribution in [0.5, 0.6) is 0 Å². The molecule has 3 rings (SSSR count). The first kappa shape index (κ1) is 20.0. The van der Waals surface area contributed by atoms with Crippen LogP contribution < -0.4 is 14.9 Å². The second-order valence-corrected chi connectivity index (χ2v) is 7.86. The average Bonchev–Trinajstić information content (AvgIpc) is 2.66. The molecule has 0 aromatic heterocycles. The smallest absolute Gasteiger partial charge is 0.367 e. The number of hydrogen-bond acceptors (Lipinski definition) is 5. The van der Waals surface area contributed by atoms with E-state index in [4.69, 9.17) is 10.4 Å². The predicted octanol–water partition coefficient (Wildman–Crippen LogP) is 2.55. The SMILES string of the molecule is N#Cc1ccc(N2CCN(c3ccccc3S(N)(=O)=O)CC2)c(C(F)(F)F)c1. The lowest BCUT2D eigenvalue weighted by Crippen LogP contribution is -2.47. The second-order valence-electron chi connectivity index (χ2n) is 6.33. The van der Waals surface area contributed by atoms with E-state index in [2.05, 4.69) is 0 Å². The molecule has 1 fully saturated rings. The first-order valence-electron chi connectivity index (χ1n) is 8.34. The van der Waals surface area contributed by atoms with Gasteiger partial charge in [-0.2, -0.15) is 18.4 Å². The molecule has 0 saturated carbocycles. The third kappa shape index (κ3) is 4.05. The molecular formula is C18H17F3N4O2S. The zero-order valence-electron chi connectivity index (χ0n) is 14.6. The van der Waals surface area contributed by atoms with Crippen molar-refractivity contribution in [2.45, 2.75) is 11.1 Å². The summed E-state index contributed by atoms with van der Waals surface area (Å²) in [6.07, 6.45) is -4.58. The molecule has 1 heterocycles. The van der Waals surface area contributed by atoms with Crippen molar-refractivity contribution >= 4 is 21.4 Å². The van der Waals surface area contributed by atoms with Crippen molar-refractivity contribution in [3.05, 3.63) is 53.6 Å². The lowest BCUT2D eigenvalue weighted by molar-refractivity contribution is -0.137. The van der Waals surface area contributed by atoms with Crippen molar-refractivity contribution in [3.8, 4) is 6.07 Å². The molecule has 0 radical (unpaired) electrons. The number of halogens is 3. The predicted molar refractivity (Wildman–Crippen MR) is 98.4 cm³/mol. The second kappa shape index (κ2) is 7.33. The van der Waals surface area contributed by atoms with Crippen molar-refractivity contribution in [2.24, 2.45) is 5.14 Å². The fourth-order valence-electron chi connectivity index (χ4n) is 3.26. The first-order chi connectivity index (χ1) is 13.1. The molecule has 28 heavy (non-hydrogen) atoms. The van der Waals surface area contributed by atoms with Gasteiger partial charge >= 0.3 is 6.18 Å². The van der Waals surface area contributed by atoms with Gasteiger partial charge in [0.1, 0.15) is 4.90 Å². The highest BCUT2D eigenvalue weighted by molar-refractivity contribution is 7.89. The number of sulfonamides is 1. The molecule has 0 spiro atoms. The van der Waals surface area contributed by atoms with E-state index in [1.54, 1.807) is 34.1 Å². The van der Waals surface area contributed by atoms with Gasteiger partial charge in [0.05, 0.1) is 22.9 Å². The monoisotopic (exact) mass is 410 g/mol. The number of alkyl halides is 3. The van der Waals surface area contributed by atoms with E-state index in [1.165, 1.54) is 18.2 Å². The summed E-state index contributed by atoms with van der Waals surface area (Å²) < 4.78 is 63.8. The van der Waals surface area contributed by atoms with Crippen LogP contribution in [0.2, 0.25) is 0 Å². The lowest BCUT2D eigenvalue weighted by Gasteiger charge is -2.38. The van der Waals surface area contributed by atoms with E-state index in [9.17, 15) is 21.6 Å². The van der Waals surface area contributed by atoms with Gasteiger partial charge in [-0.25, -0.2) is 13.6 Å². The van der Waals surface area contributed by atoms with Crippen molar-refractivity contribution in [1.82, 2.24) is 0 Å². The van der Waals surface area contributed by atoms with E-state index in [0.717, 1.165) is 6.07 Å². The summed E-state index contributed by atoms with van der Waals surface area (Å²) in [6, 6.07) is 11.5. The van der Waals surface area contributed by atoms with Crippen LogP contribution in [0.4, 0.5) is 24.5 Å². The van der Waals surface area contributed by atoms with E-state index in [1.807, 2.05) is 0 Å². The Bertz CT molecular complexity index is 1020. The molecule has 1 aliphatic rings. The van der Waals surface area contributed by atoms with E-state index >= 15 is 0 Å². The summed E-state index contributed by atoms with van der Waals surface area (Å²) in [4.78, 5) is 3.35. The minimum Gasteiger partial charge on any atom is -0.367 e. The van der Waals surface area contributed by atoms with E-state index in [-0.39, 0.29) is 29.2 Å². The van der Waals surface area contributed by atoms with Gasteiger partial charge in [0.2, 0.25) is 10.0 Å². The van der Waals surface area contributed by atoms with Crippen molar-refractivity contribution in [1.29, 1.82) is 5.26 Å². The number of nitriles is 1. The number of primary sulfonamides is 1. The van der Waals surface area contributed by atoms with Crippen LogP contribution in [0.3, 0.4) is 0 Å². The topological polar surface area (TPSA) is 90.4 Å². The number of hydrogen-bond donors (Lipinski definition) is 1. The number of anilines is 2. The van der Waals surface area contributed by atoms with Crippen LogP contribution in [0.25, 0.3) is 0 Å². The van der Waals surface area contributed by atoms with Gasteiger partial charge in [-0.15, -0.1) is 0 Å². The Kier molecular flexibility index (Phi) is 5.23. The van der Waals surface area contributed by atoms with Crippen LogP contribution in [0.1, 0.15) is 11.1 Å². The Hall–Kier alpha value is -2.77. The number of benzene rings is 2. The molecule has 2 aromatic rings. The standard InChI is InChI=1S/C18H17F3N4O2S/c19-18(20,21)14-11-13(12-22)5-6-15(14)24-7-9-25(10-8-24)16-3-1-2-4-17(16)28(23,26)27/h1-6,11H,7-10H2,(H2,23,26,27). The van der Waals surface area contributed by atoms with Crippen LogP contribution in [-0.2, 0) is 16.2 Å². The third-order valence-corrected chi connectivity index (χ3v) is 5.52. The summed E-state index contributed by atoms with van der Waals surface area (Å²) in [6.45, 7) is 1.16. The Morgan fingerprint density at radius 2 is 1.54 bits per heavy atom. The van der Waals surface area contributed by atoms with Gasteiger partial charge in [0.15, 0.2) is 0 Å². The Labute approximate surface area is 160 Å². The first-order valence-corrected chi connectivity index (χ1v) is 9.89. The van der Waals surface area contributed by atoms with Gasteiger partial charge < -0.3 is 9.80 Å². The lowest BCUT2D eigenvalue weighted by atomic mass is 10.1. The maximum atomic E-state index is 13.4. The van der Waals surface area contributed by atoms with Gasteiger partial charge in [-0.3, -0.25) is 0 Å². The highest BCUT2D eigenvalue weighted by Gasteiger charge is 2.36. The Morgan fingerprint density at radius 3 is 2.07 bits per heavy atom. The summed E-state index contributed by atoms with van der Waals surface area (Å²) in [7, 11) is -3.92.